The minimum Gasteiger partial charge on any atom is -0.375 e. The Labute approximate surface area is 229 Å². The largest absolute Gasteiger partial charge is 0.375 e. The van der Waals surface area contributed by atoms with E-state index in [1.54, 1.807) is 0 Å². The molecule has 0 aromatic carbocycles. The smallest absolute Gasteiger partial charge is 0.121 e. The van der Waals surface area contributed by atoms with Crippen LogP contribution >= 0.6 is 11.9 Å². The molecule has 7 rings (SSSR count). The Bertz CT molecular complexity index is 725. The third kappa shape index (κ3) is 6.70. The van der Waals surface area contributed by atoms with Gasteiger partial charge in [-0.15, -0.1) is 0 Å². The predicted molar refractivity (Wildman–Crippen MR) is 150 cm³/mol. The SMILES string of the molecule is CC1CC2CCC1C1CNCC3SNC(OCCC4CCCC(C4)OCC(CN4CCN(C)CC4)O2)C31. The van der Waals surface area contributed by atoms with Crippen molar-refractivity contribution < 1.29 is 14.2 Å². The van der Waals surface area contributed by atoms with E-state index in [0.29, 0.717) is 35.2 Å². The number of rotatable bonds is 2. The third-order valence-corrected chi connectivity index (χ3v) is 11.7. The van der Waals surface area contributed by atoms with Crippen molar-refractivity contribution in [1.82, 2.24) is 19.8 Å². The molecule has 2 aliphatic carbocycles. The van der Waals surface area contributed by atoms with Crippen LogP contribution in [0.2, 0.25) is 0 Å². The van der Waals surface area contributed by atoms with Crippen LogP contribution in [-0.4, -0.2) is 106 Å². The molecule has 8 heteroatoms. The first-order chi connectivity index (χ1) is 18.1. The predicted octanol–water partition coefficient (Wildman–Crippen LogP) is 3.20. The first-order valence-electron chi connectivity index (χ1n) is 15.5. The fourth-order valence-electron chi connectivity index (χ4n) is 8.41. The van der Waals surface area contributed by atoms with Gasteiger partial charge in [0.2, 0.25) is 0 Å². The maximum Gasteiger partial charge on any atom is 0.121 e. The van der Waals surface area contributed by atoms with Gasteiger partial charge in [0.1, 0.15) is 6.23 Å². The van der Waals surface area contributed by atoms with Crippen LogP contribution < -0.4 is 10.0 Å². The number of piperazine rings is 1. The molecule has 0 radical (unpaired) electrons. The summed E-state index contributed by atoms with van der Waals surface area (Å²) in [5.41, 5.74) is 0. The molecular weight excluding hydrogens is 484 g/mol. The van der Waals surface area contributed by atoms with Gasteiger partial charge in [-0.05, 0) is 75.8 Å². The number of ether oxygens (including phenoxy) is 3. The van der Waals surface area contributed by atoms with Crippen molar-refractivity contribution in [3.05, 3.63) is 0 Å². The number of nitrogens with one attached hydrogen (secondary N) is 2. The second-order valence-corrected chi connectivity index (χ2v) is 14.3. The van der Waals surface area contributed by atoms with Crippen LogP contribution in [0.3, 0.4) is 0 Å². The summed E-state index contributed by atoms with van der Waals surface area (Å²) in [5.74, 6) is 3.50. The standard InChI is InChI=1S/C29H52N4O3S/c1-20-14-23-6-7-25(20)26-16-30-17-27-28(26)29(31-37-27)34-13-8-21-4-3-5-22(15-21)35-19-24(36-23)18-33-11-9-32(2)10-12-33/h20-31H,3-19H2,1-2H3. The second-order valence-electron chi connectivity index (χ2n) is 13.2. The number of hydrogen-bond donors (Lipinski definition) is 2. The lowest BCUT2D eigenvalue weighted by atomic mass is 9.66. The Morgan fingerprint density at radius 2 is 1.78 bits per heavy atom. The summed E-state index contributed by atoms with van der Waals surface area (Å²) in [6.45, 7) is 12.0. The van der Waals surface area contributed by atoms with E-state index >= 15 is 0 Å². The summed E-state index contributed by atoms with van der Waals surface area (Å²) < 4.78 is 23.9. The van der Waals surface area contributed by atoms with Crippen LogP contribution in [0.4, 0.5) is 0 Å². The van der Waals surface area contributed by atoms with Gasteiger partial charge in [-0.1, -0.05) is 31.7 Å². The average molecular weight is 537 g/mol. The van der Waals surface area contributed by atoms with Gasteiger partial charge in [-0.2, -0.15) is 0 Å². The Kier molecular flexibility index (Phi) is 9.36. The summed E-state index contributed by atoms with van der Waals surface area (Å²) in [4.78, 5) is 5.06. The zero-order chi connectivity index (χ0) is 25.2. The fourth-order valence-corrected chi connectivity index (χ4v) is 9.65. The molecule has 7 fully saturated rings. The Morgan fingerprint density at radius 3 is 2.65 bits per heavy atom. The van der Waals surface area contributed by atoms with Crippen molar-refractivity contribution in [2.75, 3.05) is 66.1 Å². The Balaban J connectivity index is 1.17. The Hall–Kier alpha value is 0.0700. The van der Waals surface area contributed by atoms with Crippen molar-refractivity contribution in [2.24, 2.45) is 29.6 Å². The molecule has 37 heavy (non-hydrogen) atoms. The molecule has 0 spiro atoms. The molecule has 0 aromatic rings. The van der Waals surface area contributed by atoms with E-state index in [0.717, 1.165) is 70.9 Å². The fraction of sp³-hybridized carbons (Fsp3) is 1.00. The van der Waals surface area contributed by atoms with Crippen molar-refractivity contribution >= 4 is 11.9 Å². The molecule has 7 aliphatic rings. The molecule has 7 nitrogen and oxygen atoms in total. The summed E-state index contributed by atoms with van der Waals surface area (Å²) in [6.07, 6.45) is 11.0. The van der Waals surface area contributed by atoms with Gasteiger partial charge < -0.3 is 24.4 Å². The lowest BCUT2D eigenvalue weighted by Crippen LogP contribution is -2.53. The number of hydrogen-bond acceptors (Lipinski definition) is 8. The van der Waals surface area contributed by atoms with Gasteiger partial charge in [0.15, 0.2) is 0 Å². The zero-order valence-electron chi connectivity index (χ0n) is 23.3. The van der Waals surface area contributed by atoms with Crippen LogP contribution in [0.25, 0.3) is 0 Å². The van der Waals surface area contributed by atoms with E-state index in [9.17, 15) is 0 Å². The van der Waals surface area contributed by atoms with E-state index in [1.807, 2.05) is 11.9 Å². The molecular formula is C29H52N4O3S. The van der Waals surface area contributed by atoms with Gasteiger partial charge in [-0.3, -0.25) is 4.90 Å². The van der Waals surface area contributed by atoms with E-state index in [1.165, 1.54) is 51.4 Å². The summed E-state index contributed by atoms with van der Waals surface area (Å²) in [6, 6.07) is 0. The van der Waals surface area contributed by atoms with E-state index < -0.39 is 0 Å². The number of piperidine rings is 1. The van der Waals surface area contributed by atoms with E-state index in [-0.39, 0.29) is 12.3 Å². The lowest BCUT2D eigenvalue weighted by molar-refractivity contribution is -0.114. The van der Waals surface area contributed by atoms with E-state index in [4.69, 9.17) is 14.2 Å². The quantitative estimate of drug-likeness (QED) is 0.522. The van der Waals surface area contributed by atoms with Crippen LogP contribution in [-0.2, 0) is 14.2 Å². The van der Waals surface area contributed by atoms with Crippen LogP contribution in [0.5, 0.6) is 0 Å². The molecule has 5 heterocycles. The molecule has 5 saturated heterocycles. The molecule has 10 unspecified atom stereocenters. The third-order valence-electron chi connectivity index (χ3n) is 10.6. The first kappa shape index (κ1) is 27.3. The van der Waals surface area contributed by atoms with Crippen molar-refractivity contribution in [1.29, 1.82) is 0 Å². The topological polar surface area (TPSA) is 58.2 Å². The average Bonchev–Trinajstić information content (AvgIpc) is 3.32. The molecule has 212 valence electrons. The maximum atomic E-state index is 6.95. The van der Waals surface area contributed by atoms with Gasteiger partial charge in [0.25, 0.3) is 0 Å². The van der Waals surface area contributed by atoms with Crippen LogP contribution in [0.1, 0.15) is 58.3 Å². The monoisotopic (exact) mass is 536 g/mol. The van der Waals surface area contributed by atoms with E-state index in [2.05, 4.69) is 33.8 Å². The minimum atomic E-state index is 0.192. The van der Waals surface area contributed by atoms with Gasteiger partial charge in [0, 0.05) is 57.0 Å². The van der Waals surface area contributed by atoms with Crippen molar-refractivity contribution in [2.45, 2.75) is 88.1 Å². The normalized spacial score (nSPS) is 46.9. The van der Waals surface area contributed by atoms with Gasteiger partial charge in [0.05, 0.1) is 24.9 Å². The number of likely N-dealkylation sites (N-methyl/N-ethyl adjacent to an activating group) is 1. The zero-order valence-corrected chi connectivity index (χ0v) is 24.1. The van der Waals surface area contributed by atoms with Gasteiger partial charge >= 0.3 is 0 Å². The van der Waals surface area contributed by atoms with Gasteiger partial charge in [-0.25, -0.2) is 4.72 Å². The molecule has 2 saturated carbocycles. The molecule has 4 bridgehead atoms. The highest BCUT2D eigenvalue weighted by Crippen LogP contribution is 2.46. The molecule has 0 aromatic heterocycles. The molecule has 10 atom stereocenters. The molecule has 0 amide bonds. The summed E-state index contributed by atoms with van der Waals surface area (Å²) >= 11 is 1.93. The summed E-state index contributed by atoms with van der Waals surface area (Å²) in [7, 11) is 2.24. The van der Waals surface area contributed by atoms with Crippen LogP contribution in [0.15, 0.2) is 0 Å². The summed E-state index contributed by atoms with van der Waals surface area (Å²) in [5, 5.41) is 4.42. The Morgan fingerprint density at radius 1 is 0.892 bits per heavy atom. The van der Waals surface area contributed by atoms with Crippen molar-refractivity contribution in [3.63, 3.8) is 0 Å². The minimum absolute atomic E-state index is 0.192. The molecule has 5 aliphatic heterocycles. The number of nitrogens with zero attached hydrogens (tertiary/aromatic N) is 2. The van der Waals surface area contributed by atoms with Crippen LogP contribution in [0, 0.1) is 29.6 Å². The lowest BCUT2D eigenvalue weighted by Gasteiger charge is -2.46. The van der Waals surface area contributed by atoms with Crippen molar-refractivity contribution in [3.8, 4) is 0 Å². The first-order valence-corrected chi connectivity index (χ1v) is 16.4. The number of fused-ring (bicyclic) bond motifs is 7. The highest BCUT2D eigenvalue weighted by molar-refractivity contribution is 7.98. The maximum absolute atomic E-state index is 6.95. The molecule has 2 N–H and O–H groups in total. The highest BCUT2D eigenvalue weighted by Gasteiger charge is 2.49. The highest BCUT2D eigenvalue weighted by atomic mass is 32.2. The second kappa shape index (κ2) is 12.7.